The van der Waals surface area contributed by atoms with Gasteiger partial charge in [-0.1, -0.05) is 32.0 Å². The number of rotatable bonds is 10. The molecule has 1 saturated carbocycles. The third-order valence-corrected chi connectivity index (χ3v) is 5.99. The lowest BCUT2D eigenvalue weighted by Crippen LogP contribution is -2.54. The van der Waals surface area contributed by atoms with E-state index in [1.54, 1.807) is 25.7 Å². The number of benzene rings is 1. The van der Waals surface area contributed by atoms with Gasteiger partial charge in [-0.25, -0.2) is 4.79 Å². The van der Waals surface area contributed by atoms with Gasteiger partial charge >= 0.3 is 12.1 Å². The van der Waals surface area contributed by atoms with Crippen LogP contribution in [0.3, 0.4) is 0 Å². The van der Waals surface area contributed by atoms with Crippen LogP contribution in [0.2, 0.25) is 0 Å². The number of nitrogens with zero attached hydrogens (tertiary/aromatic N) is 1. The largest absolute Gasteiger partial charge is 0.468 e. The second kappa shape index (κ2) is 12.2. The number of hydrogen-bond donors (Lipinski definition) is 2. The van der Waals surface area contributed by atoms with Crippen molar-refractivity contribution >= 4 is 23.9 Å². The number of aryl methyl sites for hydroxylation is 1. The number of hydrogen-bond acceptors (Lipinski definition) is 6. The fraction of sp³-hybridized carbons (Fsp3) is 0.630. The molecule has 1 aromatic rings. The van der Waals surface area contributed by atoms with Gasteiger partial charge in [0, 0.05) is 6.04 Å². The third-order valence-electron chi connectivity index (χ3n) is 5.99. The van der Waals surface area contributed by atoms with Gasteiger partial charge in [0.25, 0.3) is 0 Å². The van der Waals surface area contributed by atoms with Crippen LogP contribution in [-0.2, 0) is 23.9 Å². The molecular formula is C27H41N3O6. The summed E-state index contributed by atoms with van der Waals surface area (Å²) in [4.78, 5) is 53.5. The van der Waals surface area contributed by atoms with E-state index < -0.39 is 35.7 Å². The maximum Gasteiger partial charge on any atom is 0.408 e. The minimum absolute atomic E-state index is 0.0993. The molecule has 9 heteroatoms. The maximum absolute atomic E-state index is 14.1. The van der Waals surface area contributed by atoms with Gasteiger partial charge in [0.15, 0.2) is 0 Å². The standard InChI is InChI=1S/C27H41N3O6/c1-16(2)14-21(29-26(34)36-27(5,6)7)25(33)30(19-12-13-19)23(24(32)28-15-22(31)35-8)20-11-9-10-17(3)18(20)4/h9-11,16,19,21,23H,12-15H2,1-8H3,(H,28,32)(H,29,34). The molecule has 36 heavy (non-hydrogen) atoms. The van der Waals surface area contributed by atoms with Gasteiger partial charge in [-0.15, -0.1) is 0 Å². The summed E-state index contributed by atoms with van der Waals surface area (Å²) in [5, 5.41) is 5.37. The molecule has 0 heterocycles. The van der Waals surface area contributed by atoms with Crippen molar-refractivity contribution in [1.82, 2.24) is 15.5 Å². The van der Waals surface area contributed by atoms with Crippen LogP contribution in [0.1, 0.15) is 76.6 Å². The molecule has 9 nitrogen and oxygen atoms in total. The van der Waals surface area contributed by atoms with Crippen molar-refractivity contribution in [1.29, 1.82) is 0 Å². The first-order valence-corrected chi connectivity index (χ1v) is 12.5. The topological polar surface area (TPSA) is 114 Å². The van der Waals surface area contributed by atoms with Gasteiger partial charge < -0.3 is 25.0 Å². The van der Waals surface area contributed by atoms with E-state index in [9.17, 15) is 19.2 Å². The van der Waals surface area contributed by atoms with E-state index in [1.807, 2.05) is 45.9 Å². The zero-order valence-electron chi connectivity index (χ0n) is 22.8. The average molecular weight is 504 g/mol. The number of carbonyl (C=O) groups excluding carboxylic acids is 4. The fourth-order valence-corrected chi connectivity index (χ4v) is 4.01. The molecule has 1 aliphatic rings. The Kier molecular flexibility index (Phi) is 9.90. The first-order chi connectivity index (χ1) is 16.7. The Morgan fingerprint density at radius 3 is 2.28 bits per heavy atom. The van der Waals surface area contributed by atoms with Crippen molar-refractivity contribution in [2.45, 2.75) is 91.5 Å². The van der Waals surface area contributed by atoms with E-state index >= 15 is 0 Å². The van der Waals surface area contributed by atoms with Crippen LogP contribution < -0.4 is 10.6 Å². The highest BCUT2D eigenvalue weighted by atomic mass is 16.6. The van der Waals surface area contributed by atoms with Crippen LogP contribution in [0, 0.1) is 19.8 Å². The molecule has 2 unspecified atom stereocenters. The van der Waals surface area contributed by atoms with E-state index in [2.05, 4.69) is 15.4 Å². The summed E-state index contributed by atoms with van der Waals surface area (Å²) >= 11 is 0. The first kappa shape index (κ1) is 29.1. The van der Waals surface area contributed by atoms with Gasteiger partial charge in [0.2, 0.25) is 11.8 Å². The number of nitrogens with one attached hydrogen (secondary N) is 2. The summed E-state index contributed by atoms with van der Waals surface area (Å²) in [5.74, 6) is -1.31. The summed E-state index contributed by atoms with van der Waals surface area (Å²) in [6.45, 7) is 12.7. The summed E-state index contributed by atoms with van der Waals surface area (Å²) in [6.07, 6.45) is 1.19. The minimum atomic E-state index is -0.968. The van der Waals surface area contributed by atoms with Crippen LogP contribution in [0.4, 0.5) is 4.79 Å². The highest BCUT2D eigenvalue weighted by Gasteiger charge is 2.44. The number of amides is 3. The zero-order chi connectivity index (χ0) is 27.2. The van der Waals surface area contributed by atoms with E-state index in [0.29, 0.717) is 12.0 Å². The van der Waals surface area contributed by atoms with E-state index in [4.69, 9.17) is 4.74 Å². The Labute approximate surface area is 214 Å². The molecule has 1 aromatic carbocycles. The van der Waals surface area contributed by atoms with Crippen LogP contribution in [0.5, 0.6) is 0 Å². The van der Waals surface area contributed by atoms with Gasteiger partial charge in [-0.05, 0) is 76.5 Å². The van der Waals surface area contributed by atoms with Crippen molar-refractivity contribution in [3.63, 3.8) is 0 Å². The monoisotopic (exact) mass is 503 g/mol. The van der Waals surface area contributed by atoms with Crippen LogP contribution in [0.15, 0.2) is 18.2 Å². The van der Waals surface area contributed by atoms with Crippen LogP contribution in [-0.4, -0.2) is 60.1 Å². The maximum atomic E-state index is 14.1. The van der Waals surface area contributed by atoms with Gasteiger partial charge in [0.1, 0.15) is 24.2 Å². The van der Waals surface area contributed by atoms with Crippen LogP contribution in [0.25, 0.3) is 0 Å². The lowest BCUT2D eigenvalue weighted by atomic mass is 9.94. The number of alkyl carbamates (subject to hydrolysis) is 1. The Morgan fingerprint density at radius 2 is 1.75 bits per heavy atom. The molecule has 0 saturated heterocycles. The molecule has 0 spiro atoms. The van der Waals surface area contributed by atoms with E-state index in [-0.39, 0.29) is 24.4 Å². The Morgan fingerprint density at radius 1 is 1.11 bits per heavy atom. The Balaban J connectivity index is 2.48. The summed E-state index contributed by atoms with van der Waals surface area (Å²) in [6, 6.07) is 3.62. The predicted octanol–water partition coefficient (Wildman–Crippen LogP) is 3.56. The molecule has 1 fully saturated rings. The van der Waals surface area contributed by atoms with Gasteiger partial charge in [-0.2, -0.15) is 0 Å². The fourth-order valence-electron chi connectivity index (χ4n) is 4.01. The molecule has 2 N–H and O–H groups in total. The second-order valence-electron chi connectivity index (χ2n) is 10.8. The Bertz CT molecular complexity index is 965. The lowest BCUT2D eigenvalue weighted by Gasteiger charge is -2.35. The predicted molar refractivity (Wildman–Crippen MR) is 136 cm³/mol. The smallest absolute Gasteiger partial charge is 0.408 e. The van der Waals surface area contributed by atoms with Crippen molar-refractivity contribution in [3.8, 4) is 0 Å². The molecule has 200 valence electrons. The highest BCUT2D eigenvalue weighted by molar-refractivity contribution is 5.93. The average Bonchev–Trinajstić information content (AvgIpc) is 3.60. The zero-order valence-corrected chi connectivity index (χ0v) is 22.8. The molecule has 2 rings (SSSR count). The summed E-state index contributed by atoms with van der Waals surface area (Å²) in [7, 11) is 1.25. The summed E-state index contributed by atoms with van der Waals surface area (Å²) < 4.78 is 10.1. The van der Waals surface area contributed by atoms with Crippen molar-refractivity contribution in [2.75, 3.05) is 13.7 Å². The molecule has 0 aromatic heterocycles. The van der Waals surface area contributed by atoms with Crippen molar-refractivity contribution in [3.05, 3.63) is 34.9 Å². The SMILES string of the molecule is COC(=O)CNC(=O)C(c1cccc(C)c1C)N(C(=O)C(CC(C)C)NC(=O)OC(C)(C)C)C1CC1. The molecule has 0 radical (unpaired) electrons. The molecule has 0 bridgehead atoms. The summed E-state index contributed by atoms with van der Waals surface area (Å²) in [5.41, 5.74) is 1.82. The first-order valence-electron chi connectivity index (χ1n) is 12.5. The second-order valence-corrected chi connectivity index (χ2v) is 10.8. The quantitative estimate of drug-likeness (QED) is 0.472. The van der Waals surface area contributed by atoms with E-state index in [1.165, 1.54) is 7.11 Å². The number of esters is 1. The van der Waals surface area contributed by atoms with Gasteiger partial charge in [-0.3, -0.25) is 14.4 Å². The van der Waals surface area contributed by atoms with Gasteiger partial charge in [0.05, 0.1) is 7.11 Å². The molecular weight excluding hydrogens is 462 g/mol. The lowest BCUT2D eigenvalue weighted by molar-refractivity contribution is -0.145. The molecule has 0 aliphatic heterocycles. The molecule has 1 aliphatic carbocycles. The van der Waals surface area contributed by atoms with E-state index in [0.717, 1.165) is 24.0 Å². The Hall–Kier alpha value is -3.10. The third kappa shape index (κ3) is 8.24. The van der Waals surface area contributed by atoms with Crippen molar-refractivity contribution < 1.29 is 28.7 Å². The number of carbonyl (C=O) groups is 4. The minimum Gasteiger partial charge on any atom is -0.468 e. The number of methoxy groups -OCH3 is 1. The van der Waals surface area contributed by atoms with Crippen LogP contribution >= 0.6 is 0 Å². The van der Waals surface area contributed by atoms with Crippen molar-refractivity contribution in [2.24, 2.45) is 5.92 Å². The molecule has 3 amide bonds. The molecule has 2 atom stereocenters. The normalized spacial score (nSPS) is 15.0. The highest BCUT2D eigenvalue weighted by Crippen LogP contribution is 2.37. The number of ether oxygens (including phenoxy) is 2.